The number of carbonyl (C=O) groups excluding carboxylic acids is 1. The number of thioether (sulfide) groups is 1. The van der Waals surface area contributed by atoms with E-state index < -0.39 is 0 Å². The average molecular weight is 359 g/mol. The first-order chi connectivity index (χ1) is 12.3. The summed E-state index contributed by atoms with van der Waals surface area (Å²) in [4.78, 5) is 20.8. The van der Waals surface area contributed by atoms with Crippen molar-refractivity contribution in [1.29, 1.82) is 0 Å². The van der Waals surface area contributed by atoms with Crippen LogP contribution in [0.4, 0.5) is 0 Å². The van der Waals surface area contributed by atoms with Crippen molar-refractivity contribution in [2.45, 2.75) is 44.6 Å². The van der Waals surface area contributed by atoms with Gasteiger partial charge < -0.3 is 9.64 Å². The number of rotatable bonds is 3. The van der Waals surface area contributed by atoms with Crippen LogP contribution < -0.4 is 4.74 Å². The third-order valence-corrected chi connectivity index (χ3v) is 7.05. The summed E-state index contributed by atoms with van der Waals surface area (Å²) in [6.07, 6.45) is 11.6. The molecule has 2 fully saturated rings. The molecule has 5 heteroatoms. The quantitative estimate of drug-likeness (QED) is 0.820. The normalized spacial score (nSPS) is 29.1. The Morgan fingerprint density at radius 1 is 1.24 bits per heavy atom. The first-order valence-electron chi connectivity index (χ1n) is 9.42. The van der Waals surface area contributed by atoms with E-state index in [0.29, 0.717) is 17.8 Å². The number of pyridine rings is 1. The molecule has 0 bridgehead atoms. The monoisotopic (exact) mass is 358 g/mol. The van der Waals surface area contributed by atoms with E-state index in [-0.39, 0.29) is 5.92 Å². The largest absolute Gasteiger partial charge is 0.481 e. The molecule has 1 saturated carbocycles. The van der Waals surface area contributed by atoms with Crippen molar-refractivity contribution in [1.82, 2.24) is 9.88 Å². The van der Waals surface area contributed by atoms with Gasteiger partial charge in [0.15, 0.2) is 0 Å². The summed E-state index contributed by atoms with van der Waals surface area (Å²) in [6.45, 7) is 0.953. The molecule has 1 saturated heterocycles. The molecule has 3 aliphatic rings. The molecular formula is C20H26N2O2S. The molecule has 4 nitrogen and oxygen atoms in total. The fraction of sp³-hybridized carbons (Fsp3) is 0.600. The molecule has 3 unspecified atom stereocenters. The van der Waals surface area contributed by atoms with Crippen molar-refractivity contribution in [2.75, 3.05) is 19.4 Å². The average Bonchev–Trinajstić information content (AvgIpc) is 3.17. The summed E-state index contributed by atoms with van der Waals surface area (Å²) in [6, 6.07) is 4.40. The Kier molecular flexibility index (Phi) is 5.02. The second-order valence-corrected chi connectivity index (χ2v) is 8.39. The van der Waals surface area contributed by atoms with E-state index in [2.05, 4.69) is 16.0 Å². The van der Waals surface area contributed by atoms with Crippen molar-refractivity contribution in [2.24, 2.45) is 11.8 Å². The lowest BCUT2D eigenvalue weighted by molar-refractivity contribution is -0.139. The molecule has 0 radical (unpaired) electrons. The van der Waals surface area contributed by atoms with Crippen LogP contribution in [0.2, 0.25) is 0 Å². The first kappa shape index (κ1) is 17.0. The van der Waals surface area contributed by atoms with Crippen LogP contribution in [0.15, 0.2) is 24.4 Å². The fourth-order valence-electron chi connectivity index (χ4n) is 4.54. The SMILES string of the molecule is COc1ccc(C2=CC(C(=O)N3CCCC4CCCCC43)CS2)cn1. The van der Waals surface area contributed by atoms with Gasteiger partial charge in [0.1, 0.15) is 0 Å². The number of likely N-dealkylation sites (tertiary alicyclic amines) is 1. The zero-order valence-electron chi connectivity index (χ0n) is 14.8. The van der Waals surface area contributed by atoms with Crippen LogP contribution in [0.3, 0.4) is 0 Å². The highest BCUT2D eigenvalue weighted by atomic mass is 32.2. The van der Waals surface area contributed by atoms with Crippen LogP contribution >= 0.6 is 11.8 Å². The third kappa shape index (κ3) is 3.43. The lowest BCUT2D eigenvalue weighted by Crippen LogP contribution is -2.51. The summed E-state index contributed by atoms with van der Waals surface area (Å²) < 4.78 is 5.12. The van der Waals surface area contributed by atoms with E-state index in [0.717, 1.165) is 23.8 Å². The third-order valence-electron chi connectivity index (χ3n) is 5.84. The second kappa shape index (κ2) is 7.40. The second-order valence-electron chi connectivity index (χ2n) is 7.32. The highest BCUT2D eigenvalue weighted by molar-refractivity contribution is 8.08. The summed E-state index contributed by atoms with van der Waals surface area (Å²) >= 11 is 1.77. The van der Waals surface area contributed by atoms with E-state index in [1.54, 1.807) is 18.9 Å². The van der Waals surface area contributed by atoms with Gasteiger partial charge >= 0.3 is 0 Å². The Hall–Kier alpha value is -1.49. The van der Waals surface area contributed by atoms with Gasteiger partial charge in [-0.25, -0.2) is 4.98 Å². The van der Waals surface area contributed by atoms with E-state index in [4.69, 9.17) is 4.74 Å². The molecule has 1 aromatic heterocycles. The minimum absolute atomic E-state index is 0.0165. The van der Waals surface area contributed by atoms with E-state index >= 15 is 0 Å². The number of piperidine rings is 1. The smallest absolute Gasteiger partial charge is 0.230 e. The van der Waals surface area contributed by atoms with Gasteiger partial charge in [0.05, 0.1) is 13.0 Å². The minimum atomic E-state index is 0.0165. The highest BCUT2D eigenvalue weighted by Gasteiger charge is 2.38. The van der Waals surface area contributed by atoms with Crippen molar-refractivity contribution in [3.05, 3.63) is 30.0 Å². The molecule has 2 aliphatic heterocycles. The van der Waals surface area contributed by atoms with Crippen LogP contribution in [0.5, 0.6) is 5.88 Å². The van der Waals surface area contributed by atoms with Gasteiger partial charge in [0.25, 0.3) is 0 Å². The zero-order chi connectivity index (χ0) is 17.2. The number of ether oxygens (including phenoxy) is 1. The van der Waals surface area contributed by atoms with Gasteiger partial charge in [-0.2, -0.15) is 0 Å². The van der Waals surface area contributed by atoms with E-state index in [9.17, 15) is 4.79 Å². The van der Waals surface area contributed by atoms with E-state index in [1.807, 2.05) is 18.3 Å². The van der Waals surface area contributed by atoms with Gasteiger partial charge in [0.2, 0.25) is 11.8 Å². The van der Waals surface area contributed by atoms with Crippen molar-refractivity contribution >= 4 is 22.6 Å². The molecule has 25 heavy (non-hydrogen) atoms. The number of fused-ring (bicyclic) bond motifs is 1. The standard InChI is InChI=1S/C20H26N2O2S/c1-24-19-9-8-15(12-21-19)18-11-16(13-25-18)20(23)22-10-4-6-14-5-2-3-7-17(14)22/h8-9,11-12,14,16-17H,2-7,10,13H2,1H3. The van der Waals surface area contributed by atoms with Crippen LogP contribution in [-0.4, -0.2) is 41.2 Å². The Labute approximate surface area is 154 Å². The zero-order valence-corrected chi connectivity index (χ0v) is 15.6. The van der Waals surface area contributed by atoms with Gasteiger partial charge in [-0.05, 0) is 37.7 Å². The molecule has 134 valence electrons. The number of amides is 1. The Morgan fingerprint density at radius 3 is 2.88 bits per heavy atom. The Bertz CT molecular complexity index is 656. The van der Waals surface area contributed by atoms with Crippen molar-refractivity contribution in [3.63, 3.8) is 0 Å². The maximum Gasteiger partial charge on any atom is 0.230 e. The van der Waals surface area contributed by atoms with Crippen molar-refractivity contribution < 1.29 is 9.53 Å². The number of nitrogens with zero attached hydrogens (tertiary/aromatic N) is 2. The van der Waals surface area contributed by atoms with Crippen molar-refractivity contribution in [3.8, 4) is 5.88 Å². The number of aromatic nitrogens is 1. The topological polar surface area (TPSA) is 42.4 Å². The fourth-order valence-corrected chi connectivity index (χ4v) is 5.68. The Balaban J connectivity index is 1.47. The minimum Gasteiger partial charge on any atom is -0.481 e. The molecule has 4 rings (SSSR count). The Morgan fingerprint density at radius 2 is 2.08 bits per heavy atom. The molecule has 1 aliphatic carbocycles. The number of hydrogen-bond donors (Lipinski definition) is 0. The number of methoxy groups -OCH3 is 1. The van der Waals surface area contributed by atoms with Crippen LogP contribution in [0.25, 0.3) is 4.91 Å². The molecule has 0 aromatic carbocycles. The molecule has 1 amide bonds. The first-order valence-corrected chi connectivity index (χ1v) is 10.4. The van der Waals surface area contributed by atoms with E-state index in [1.165, 1.54) is 43.4 Å². The molecule has 3 heterocycles. The van der Waals surface area contributed by atoms with Gasteiger partial charge in [-0.3, -0.25) is 4.79 Å². The lowest BCUT2D eigenvalue weighted by atomic mass is 9.78. The highest BCUT2D eigenvalue weighted by Crippen LogP contribution is 2.40. The molecule has 1 aromatic rings. The lowest BCUT2D eigenvalue weighted by Gasteiger charge is -2.44. The maximum atomic E-state index is 13.2. The van der Waals surface area contributed by atoms with Gasteiger partial charge in [0, 0.05) is 41.1 Å². The predicted octanol–water partition coefficient (Wildman–Crippen LogP) is 3.98. The molecule has 0 spiro atoms. The van der Waals surface area contributed by atoms with Crippen LogP contribution in [0, 0.1) is 11.8 Å². The molecular weight excluding hydrogens is 332 g/mol. The van der Waals surface area contributed by atoms with Gasteiger partial charge in [-0.1, -0.05) is 18.9 Å². The predicted molar refractivity (Wildman–Crippen MR) is 101 cm³/mol. The molecule has 3 atom stereocenters. The summed E-state index contributed by atoms with van der Waals surface area (Å²) in [5.74, 6) is 2.59. The number of carbonyl (C=O) groups is 1. The summed E-state index contributed by atoms with van der Waals surface area (Å²) in [7, 11) is 1.62. The molecule has 0 N–H and O–H groups in total. The number of hydrogen-bond acceptors (Lipinski definition) is 4. The van der Waals surface area contributed by atoms with Crippen LogP contribution in [0.1, 0.15) is 44.1 Å². The summed E-state index contributed by atoms with van der Waals surface area (Å²) in [5.41, 5.74) is 1.08. The maximum absolute atomic E-state index is 13.2. The van der Waals surface area contributed by atoms with Crippen LogP contribution in [-0.2, 0) is 4.79 Å². The summed E-state index contributed by atoms with van der Waals surface area (Å²) in [5, 5.41) is 0. The van der Waals surface area contributed by atoms with Gasteiger partial charge in [-0.15, -0.1) is 11.8 Å².